The van der Waals surface area contributed by atoms with E-state index in [4.69, 9.17) is 0 Å². The van der Waals surface area contributed by atoms with Crippen molar-refractivity contribution in [2.45, 2.75) is 18.7 Å². The van der Waals surface area contributed by atoms with Crippen molar-refractivity contribution in [2.75, 3.05) is 31.1 Å². The maximum absolute atomic E-state index is 16.6. The van der Waals surface area contributed by atoms with Gasteiger partial charge in [0.15, 0.2) is 5.13 Å². The van der Waals surface area contributed by atoms with Crippen LogP contribution in [0.5, 0.6) is 0 Å². The fourth-order valence-electron chi connectivity index (χ4n) is 3.66. The summed E-state index contributed by atoms with van der Waals surface area (Å²) in [7, 11) is 0. The van der Waals surface area contributed by atoms with Gasteiger partial charge in [0, 0.05) is 38.5 Å². The summed E-state index contributed by atoms with van der Waals surface area (Å²) in [4.78, 5) is 18.3. The maximum atomic E-state index is 16.6. The van der Waals surface area contributed by atoms with E-state index in [1.54, 1.807) is 11.5 Å². The molecule has 152 valence electrons. The number of rotatable bonds is 4. The average Bonchev–Trinajstić information content (AvgIpc) is 3.23. The molecule has 0 spiro atoms. The fraction of sp³-hybridized carbons (Fsp3) is 0.333. The molecule has 0 radical (unpaired) electrons. The SMILES string of the molecule is CC(=O)NC1=CC=C(c2ccccc2)C(O)C1(F)c1csc(N2CCNCC2)n1. The predicted molar refractivity (Wildman–Crippen MR) is 112 cm³/mol. The van der Waals surface area contributed by atoms with Crippen LogP contribution in [0.2, 0.25) is 0 Å². The number of nitrogens with one attached hydrogen (secondary N) is 2. The van der Waals surface area contributed by atoms with E-state index in [0.717, 1.165) is 31.7 Å². The topological polar surface area (TPSA) is 77.5 Å². The third-order valence-electron chi connectivity index (χ3n) is 5.16. The van der Waals surface area contributed by atoms with Gasteiger partial charge >= 0.3 is 0 Å². The number of aliphatic hydroxyl groups is 1. The van der Waals surface area contributed by atoms with Gasteiger partial charge < -0.3 is 20.6 Å². The Balaban J connectivity index is 1.74. The number of amides is 1. The normalized spacial score (nSPS) is 24.7. The van der Waals surface area contributed by atoms with Crippen molar-refractivity contribution in [3.63, 3.8) is 0 Å². The van der Waals surface area contributed by atoms with Gasteiger partial charge in [-0.3, -0.25) is 4.79 Å². The monoisotopic (exact) mass is 414 g/mol. The van der Waals surface area contributed by atoms with Crippen molar-refractivity contribution in [3.8, 4) is 0 Å². The first kappa shape index (κ1) is 19.8. The van der Waals surface area contributed by atoms with Gasteiger partial charge in [-0.05, 0) is 17.2 Å². The van der Waals surface area contributed by atoms with Crippen LogP contribution in [0.1, 0.15) is 18.2 Å². The number of nitrogens with zero attached hydrogens (tertiary/aromatic N) is 2. The molecule has 1 fully saturated rings. The van der Waals surface area contributed by atoms with Gasteiger partial charge in [0.25, 0.3) is 0 Å². The predicted octanol–water partition coefficient (Wildman–Crippen LogP) is 2.20. The number of hydrogen-bond donors (Lipinski definition) is 3. The highest BCUT2D eigenvalue weighted by Gasteiger charge is 2.50. The molecule has 1 amide bonds. The molecule has 1 aromatic heterocycles. The highest BCUT2D eigenvalue weighted by molar-refractivity contribution is 7.13. The van der Waals surface area contributed by atoms with Crippen LogP contribution in [0.25, 0.3) is 5.57 Å². The van der Waals surface area contributed by atoms with Gasteiger partial charge in [-0.1, -0.05) is 36.4 Å². The van der Waals surface area contributed by atoms with Gasteiger partial charge in [-0.2, -0.15) is 0 Å². The highest BCUT2D eigenvalue weighted by Crippen LogP contribution is 2.45. The summed E-state index contributed by atoms with van der Waals surface area (Å²) in [5.41, 5.74) is -1.09. The van der Waals surface area contributed by atoms with Gasteiger partial charge in [-0.15, -0.1) is 11.3 Å². The molecule has 8 heteroatoms. The maximum Gasteiger partial charge on any atom is 0.222 e. The number of alkyl halides is 1. The lowest BCUT2D eigenvalue weighted by atomic mass is 9.80. The Labute approximate surface area is 172 Å². The second-order valence-corrected chi connectivity index (χ2v) is 7.95. The summed E-state index contributed by atoms with van der Waals surface area (Å²) in [6.07, 6.45) is 1.65. The molecule has 0 saturated carbocycles. The van der Waals surface area contributed by atoms with E-state index in [1.165, 1.54) is 24.3 Å². The molecule has 2 heterocycles. The zero-order valence-corrected chi connectivity index (χ0v) is 16.9. The molecule has 29 heavy (non-hydrogen) atoms. The molecule has 2 atom stereocenters. The zero-order valence-electron chi connectivity index (χ0n) is 16.1. The Morgan fingerprint density at radius 1 is 1.31 bits per heavy atom. The Bertz CT molecular complexity index is 953. The van der Waals surface area contributed by atoms with Crippen molar-refractivity contribution in [3.05, 3.63) is 64.8 Å². The molecular weight excluding hydrogens is 391 g/mol. The summed E-state index contributed by atoms with van der Waals surface area (Å²) in [5, 5.41) is 19.3. The Kier molecular flexibility index (Phi) is 5.49. The number of allylic oxidation sites excluding steroid dienone is 2. The van der Waals surface area contributed by atoms with Gasteiger partial charge in [0.2, 0.25) is 11.6 Å². The van der Waals surface area contributed by atoms with E-state index < -0.39 is 17.7 Å². The van der Waals surface area contributed by atoms with Crippen LogP contribution in [0.15, 0.2) is 53.6 Å². The Hall–Kier alpha value is -2.55. The van der Waals surface area contributed by atoms with Crippen LogP contribution in [0.4, 0.5) is 9.52 Å². The number of benzene rings is 1. The highest BCUT2D eigenvalue weighted by atomic mass is 32.1. The minimum Gasteiger partial charge on any atom is -0.384 e. The number of aliphatic hydroxyl groups excluding tert-OH is 1. The molecular formula is C21H23FN4O2S. The van der Waals surface area contributed by atoms with Crippen molar-refractivity contribution < 1.29 is 14.3 Å². The smallest absolute Gasteiger partial charge is 0.222 e. The molecule has 3 N–H and O–H groups in total. The number of thiazole rings is 1. The van der Waals surface area contributed by atoms with Crippen LogP contribution < -0.4 is 15.5 Å². The van der Waals surface area contributed by atoms with E-state index in [2.05, 4.69) is 20.5 Å². The molecule has 1 aliphatic carbocycles. The van der Waals surface area contributed by atoms with Gasteiger partial charge in [0.1, 0.15) is 6.10 Å². The second-order valence-electron chi connectivity index (χ2n) is 7.12. The average molecular weight is 415 g/mol. The molecule has 1 saturated heterocycles. The molecule has 6 nitrogen and oxygen atoms in total. The summed E-state index contributed by atoms with van der Waals surface area (Å²) in [6, 6.07) is 9.17. The number of carbonyl (C=O) groups is 1. The molecule has 1 aliphatic heterocycles. The number of carbonyl (C=O) groups excluding carboxylic acids is 1. The molecule has 2 aromatic rings. The number of hydrogen-bond acceptors (Lipinski definition) is 6. The van der Waals surface area contributed by atoms with E-state index in [1.807, 2.05) is 30.3 Å². The van der Waals surface area contributed by atoms with Gasteiger partial charge in [0.05, 0.1) is 11.4 Å². The first-order chi connectivity index (χ1) is 14.0. The number of aromatic nitrogens is 1. The Morgan fingerprint density at radius 2 is 2.03 bits per heavy atom. The summed E-state index contributed by atoms with van der Waals surface area (Å²) in [6.45, 7) is 4.58. The molecule has 0 bridgehead atoms. The first-order valence-electron chi connectivity index (χ1n) is 9.54. The van der Waals surface area contributed by atoms with Crippen molar-refractivity contribution in [2.24, 2.45) is 0 Å². The van der Waals surface area contributed by atoms with E-state index in [0.29, 0.717) is 10.7 Å². The van der Waals surface area contributed by atoms with Gasteiger partial charge in [-0.25, -0.2) is 9.37 Å². The van der Waals surface area contributed by atoms with E-state index in [9.17, 15) is 9.90 Å². The lowest BCUT2D eigenvalue weighted by Gasteiger charge is -2.35. The minimum atomic E-state index is -2.35. The summed E-state index contributed by atoms with van der Waals surface area (Å²) in [5.74, 6) is -0.403. The molecule has 2 aliphatic rings. The quantitative estimate of drug-likeness (QED) is 0.715. The van der Waals surface area contributed by atoms with Crippen molar-refractivity contribution in [1.82, 2.24) is 15.6 Å². The van der Waals surface area contributed by atoms with Crippen LogP contribution in [0.3, 0.4) is 0 Å². The van der Waals surface area contributed by atoms with Crippen molar-refractivity contribution >= 4 is 27.9 Å². The summed E-state index contributed by atoms with van der Waals surface area (Å²) >= 11 is 1.34. The fourth-order valence-corrected chi connectivity index (χ4v) is 4.59. The van der Waals surface area contributed by atoms with E-state index >= 15 is 4.39 Å². The Morgan fingerprint density at radius 3 is 2.72 bits per heavy atom. The van der Waals surface area contributed by atoms with Crippen LogP contribution in [-0.2, 0) is 10.5 Å². The third kappa shape index (κ3) is 3.71. The number of piperazine rings is 1. The van der Waals surface area contributed by atoms with Crippen molar-refractivity contribution in [1.29, 1.82) is 0 Å². The second kappa shape index (κ2) is 8.06. The van der Waals surface area contributed by atoms with E-state index in [-0.39, 0.29) is 11.4 Å². The lowest BCUT2D eigenvalue weighted by molar-refractivity contribution is -0.119. The van der Waals surface area contributed by atoms with Crippen LogP contribution in [-0.4, -0.2) is 48.3 Å². The largest absolute Gasteiger partial charge is 0.384 e. The standard InChI is InChI=1S/C21H23FN4O2S/c1-14(27)24-17-8-7-16(15-5-3-2-4-6-15)19(28)21(17,22)18-13-29-20(25-18)26-11-9-23-10-12-26/h2-8,13,19,23,28H,9-12H2,1H3,(H,24,27). The molecule has 2 unspecified atom stereocenters. The number of anilines is 1. The zero-order chi connectivity index (χ0) is 20.4. The molecule has 4 rings (SSSR count). The summed E-state index contributed by atoms with van der Waals surface area (Å²) < 4.78 is 16.6. The minimum absolute atomic E-state index is 0.00524. The van der Waals surface area contributed by atoms with Crippen LogP contribution >= 0.6 is 11.3 Å². The lowest BCUT2D eigenvalue weighted by Crippen LogP contribution is -2.46. The van der Waals surface area contributed by atoms with Crippen LogP contribution in [0, 0.1) is 0 Å². The first-order valence-corrected chi connectivity index (χ1v) is 10.4. The third-order valence-corrected chi connectivity index (χ3v) is 6.06. The molecule has 1 aromatic carbocycles. The number of halogens is 1.